The molecule has 0 bridgehead atoms. The molecular weight excluding hydrogens is 242 g/mol. The van der Waals surface area contributed by atoms with E-state index in [2.05, 4.69) is 5.10 Å². The summed E-state index contributed by atoms with van der Waals surface area (Å²) in [6, 6.07) is 7.47. The first-order chi connectivity index (χ1) is 9.04. The number of rotatable bonds is 4. The summed E-state index contributed by atoms with van der Waals surface area (Å²) in [4.78, 5) is 0. The van der Waals surface area contributed by atoms with E-state index in [1.165, 1.54) is 0 Å². The van der Waals surface area contributed by atoms with Gasteiger partial charge >= 0.3 is 0 Å². The maximum Gasteiger partial charge on any atom is 0.241 e. The van der Waals surface area contributed by atoms with Crippen molar-refractivity contribution in [1.82, 2.24) is 9.78 Å². The van der Waals surface area contributed by atoms with Gasteiger partial charge in [-0.25, -0.2) is 4.68 Å². The lowest BCUT2D eigenvalue weighted by Crippen LogP contribution is -2.06. The maximum absolute atomic E-state index is 9.32. The van der Waals surface area contributed by atoms with Crippen LogP contribution in [0.15, 0.2) is 24.3 Å². The molecule has 5 heteroatoms. The summed E-state index contributed by atoms with van der Waals surface area (Å²) in [5, 5.41) is 13.7. The number of hydrogen-bond acceptors (Lipinski definition) is 4. The number of aliphatic hydroxyl groups is 1. The molecule has 0 atom stereocenters. The lowest BCUT2D eigenvalue weighted by atomic mass is 10.2. The molecule has 1 aromatic heterocycles. The van der Waals surface area contributed by atoms with Crippen molar-refractivity contribution in [3.05, 3.63) is 35.5 Å². The van der Waals surface area contributed by atoms with Crippen LogP contribution in [0, 0.1) is 6.92 Å². The van der Waals surface area contributed by atoms with E-state index in [1.54, 1.807) is 10.7 Å². The summed E-state index contributed by atoms with van der Waals surface area (Å²) in [5.41, 5.74) is 8.00. The highest BCUT2D eigenvalue weighted by Gasteiger charge is 2.17. The first-order valence-electron chi connectivity index (χ1n) is 6.25. The van der Waals surface area contributed by atoms with Crippen molar-refractivity contribution in [3.8, 4) is 11.6 Å². The Labute approximate surface area is 112 Å². The highest BCUT2D eigenvalue weighted by molar-refractivity contribution is 5.54. The monoisotopic (exact) mass is 261 g/mol. The van der Waals surface area contributed by atoms with Crippen molar-refractivity contribution in [3.63, 3.8) is 0 Å². The molecule has 0 aliphatic heterocycles. The van der Waals surface area contributed by atoms with Gasteiger partial charge in [-0.3, -0.25) is 0 Å². The molecule has 1 aromatic carbocycles. The molecule has 0 unspecified atom stereocenters. The summed E-state index contributed by atoms with van der Waals surface area (Å²) in [7, 11) is 0. The first kappa shape index (κ1) is 13.4. The van der Waals surface area contributed by atoms with E-state index in [0.29, 0.717) is 17.3 Å². The number of nitrogens with two attached hydrogens (primary N) is 1. The Hall–Kier alpha value is -2.01. The van der Waals surface area contributed by atoms with Gasteiger partial charge in [0.15, 0.2) is 0 Å². The highest BCUT2D eigenvalue weighted by atomic mass is 16.5. The first-order valence-corrected chi connectivity index (χ1v) is 6.25. The van der Waals surface area contributed by atoms with Crippen LogP contribution in [0.3, 0.4) is 0 Å². The number of benzene rings is 1. The number of aliphatic hydroxyl groups excluding tert-OH is 1. The molecule has 0 aliphatic carbocycles. The zero-order chi connectivity index (χ0) is 14.0. The number of para-hydroxylation sites is 1. The average Bonchev–Trinajstić information content (AvgIpc) is 2.68. The minimum atomic E-state index is -0.0785. The topological polar surface area (TPSA) is 73.3 Å². The number of anilines is 1. The third-order valence-electron chi connectivity index (χ3n) is 2.92. The van der Waals surface area contributed by atoms with Gasteiger partial charge in [-0.05, 0) is 26.8 Å². The molecule has 0 spiro atoms. The van der Waals surface area contributed by atoms with Crippen molar-refractivity contribution >= 4 is 5.69 Å². The molecule has 0 saturated heterocycles. The summed E-state index contributed by atoms with van der Waals surface area (Å²) in [5.74, 6) is 1.12. The second-order valence-corrected chi connectivity index (χ2v) is 4.71. The second kappa shape index (κ2) is 5.32. The number of nitrogen functional groups attached to an aromatic ring is 1. The normalized spacial score (nSPS) is 11.0. The fourth-order valence-electron chi connectivity index (χ4n) is 1.83. The number of aryl methyl sites for hydroxylation is 1. The molecule has 0 saturated carbocycles. The van der Waals surface area contributed by atoms with Crippen LogP contribution in [0.2, 0.25) is 0 Å². The van der Waals surface area contributed by atoms with Crippen LogP contribution in [0.4, 0.5) is 5.69 Å². The van der Waals surface area contributed by atoms with Gasteiger partial charge in [-0.2, -0.15) is 5.10 Å². The van der Waals surface area contributed by atoms with Crippen LogP contribution in [0.25, 0.3) is 0 Å². The fraction of sp³-hybridized carbons (Fsp3) is 0.357. The van der Waals surface area contributed by atoms with Gasteiger partial charge in [-0.1, -0.05) is 18.2 Å². The Morgan fingerprint density at radius 1 is 1.37 bits per heavy atom. The SMILES string of the molecule is Cc1nn(C(C)C)c(Oc2ccccc2CO)c1N. The third-order valence-corrected chi connectivity index (χ3v) is 2.92. The van der Waals surface area contributed by atoms with Gasteiger partial charge < -0.3 is 15.6 Å². The van der Waals surface area contributed by atoms with E-state index >= 15 is 0 Å². The van der Waals surface area contributed by atoms with Crippen LogP contribution in [-0.2, 0) is 6.61 Å². The standard InChI is InChI=1S/C14H19N3O2/c1-9(2)17-14(13(15)10(3)16-17)19-12-7-5-4-6-11(12)8-18/h4-7,9,18H,8,15H2,1-3H3. The van der Waals surface area contributed by atoms with E-state index in [-0.39, 0.29) is 12.6 Å². The molecule has 2 aromatic rings. The molecule has 0 fully saturated rings. The molecule has 0 amide bonds. The Kier molecular flexibility index (Phi) is 3.76. The molecule has 5 nitrogen and oxygen atoms in total. The van der Waals surface area contributed by atoms with Crippen LogP contribution in [-0.4, -0.2) is 14.9 Å². The van der Waals surface area contributed by atoms with Gasteiger partial charge in [0.05, 0.1) is 18.3 Å². The van der Waals surface area contributed by atoms with Crippen LogP contribution < -0.4 is 10.5 Å². The van der Waals surface area contributed by atoms with Gasteiger partial charge in [-0.15, -0.1) is 0 Å². The van der Waals surface area contributed by atoms with Crippen molar-refractivity contribution in [1.29, 1.82) is 0 Å². The van der Waals surface area contributed by atoms with Crippen LogP contribution >= 0.6 is 0 Å². The van der Waals surface area contributed by atoms with Crippen molar-refractivity contribution < 1.29 is 9.84 Å². The predicted octanol–water partition coefficient (Wildman–Crippen LogP) is 2.64. The molecule has 19 heavy (non-hydrogen) atoms. The van der Waals surface area contributed by atoms with Gasteiger partial charge in [0.25, 0.3) is 0 Å². The largest absolute Gasteiger partial charge is 0.437 e. The summed E-state index contributed by atoms with van der Waals surface area (Å²) >= 11 is 0. The number of nitrogens with zero attached hydrogens (tertiary/aromatic N) is 2. The maximum atomic E-state index is 9.32. The molecule has 1 heterocycles. The van der Waals surface area contributed by atoms with E-state index in [1.807, 2.05) is 39.0 Å². The summed E-state index contributed by atoms with van der Waals surface area (Å²) < 4.78 is 7.61. The molecule has 2 rings (SSSR count). The minimum absolute atomic E-state index is 0.0785. The van der Waals surface area contributed by atoms with E-state index in [4.69, 9.17) is 10.5 Å². The number of aromatic nitrogens is 2. The third kappa shape index (κ3) is 2.56. The van der Waals surface area contributed by atoms with Crippen molar-refractivity contribution in [2.45, 2.75) is 33.4 Å². The average molecular weight is 261 g/mol. The molecule has 102 valence electrons. The van der Waals surface area contributed by atoms with E-state index < -0.39 is 0 Å². The number of hydrogen-bond donors (Lipinski definition) is 2. The second-order valence-electron chi connectivity index (χ2n) is 4.71. The summed E-state index contributed by atoms with van der Waals surface area (Å²) in [6.07, 6.45) is 0. The Morgan fingerprint density at radius 3 is 2.68 bits per heavy atom. The van der Waals surface area contributed by atoms with Gasteiger partial charge in [0, 0.05) is 5.56 Å². The lowest BCUT2D eigenvalue weighted by Gasteiger charge is -2.14. The van der Waals surface area contributed by atoms with Crippen molar-refractivity contribution in [2.24, 2.45) is 0 Å². The molecule has 3 N–H and O–H groups in total. The molecule has 0 aliphatic rings. The Morgan fingerprint density at radius 2 is 2.05 bits per heavy atom. The van der Waals surface area contributed by atoms with Gasteiger partial charge in [0.2, 0.25) is 5.88 Å². The lowest BCUT2D eigenvalue weighted by molar-refractivity contribution is 0.274. The zero-order valence-corrected chi connectivity index (χ0v) is 11.4. The highest BCUT2D eigenvalue weighted by Crippen LogP contribution is 2.33. The fourth-order valence-corrected chi connectivity index (χ4v) is 1.83. The minimum Gasteiger partial charge on any atom is -0.437 e. The van der Waals surface area contributed by atoms with E-state index in [9.17, 15) is 5.11 Å². The molecule has 0 radical (unpaired) electrons. The smallest absolute Gasteiger partial charge is 0.241 e. The Bertz CT molecular complexity index is 576. The van der Waals surface area contributed by atoms with Crippen LogP contribution in [0.5, 0.6) is 11.6 Å². The summed E-state index contributed by atoms with van der Waals surface area (Å²) in [6.45, 7) is 5.79. The Balaban J connectivity index is 2.43. The predicted molar refractivity (Wildman–Crippen MR) is 74.2 cm³/mol. The van der Waals surface area contributed by atoms with Crippen LogP contribution in [0.1, 0.15) is 31.1 Å². The quantitative estimate of drug-likeness (QED) is 0.887. The van der Waals surface area contributed by atoms with Crippen molar-refractivity contribution in [2.75, 3.05) is 5.73 Å². The van der Waals surface area contributed by atoms with Gasteiger partial charge in [0.1, 0.15) is 11.4 Å². The zero-order valence-electron chi connectivity index (χ0n) is 11.4. The molecular formula is C14H19N3O2. The number of ether oxygens (including phenoxy) is 1. The van der Waals surface area contributed by atoms with E-state index in [0.717, 1.165) is 11.3 Å².